The Labute approximate surface area is 115 Å². The maximum atomic E-state index is 13.4. The molecule has 2 nitrogen and oxygen atoms in total. The molecule has 0 unspecified atom stereocenters. The van der Waals surface area contributed by atoms with Crippen LogP contribution < -0.4 is 11.1 Å². The van der Waals surface area contributed by atoms with Crippen molar-refractivity contribution in [1.82, 2.24) is 0 Å². The molecule has 3 N–H and O–H groups in total. The third-order valence-corrected chi connectivity index (χ3v) is 3.85. The van der Waals surface area contributed by atoms with Crippen molar-refractivity contribution in [2.75, 3.05) is 11.1 Å². The number of benzene rings is 1. The minimum Gasteiger partial charge on any atom is -0.399 e. The van der Waals surface area contributed by atoms with E-state index in [0.717, 1.165) is 18.5 Å². The lowest BCUT2D eigenvalue weighted by Crippen LogP contribution is -2.40. The van der Waals surface area contributed by atoms with Crippen LogP contribution in [0.3, 0.4) is 0 Å². The van der Waals surface area contributed by atoms with E-state index in [4.69, 9.17) is 5.73 Å². The Hall–Kier alpha value is -1.25. The number of rotatable bonds is 2. The monoisotopic (exact) mass is 264 g/mol. The predicted molar refractivity (Wildman–Crippen MR) is 79.6 cm³/mol. The first kappa shape index (κ1) is 14.2. The van der Waals surface area contributed by atoms with Crippen LogP contribution in [0.15, 0.2) is 18.2 Å². The second kappa shape index (κ2) is 4.69. The number of nitrogens with two attached hydrogens (primary N) is 1. The third kappa shape index (κ3) is 3.85. The highest BCUT2D eigenvalue weighted by Gasteiger charge is 2.38. The Kier molecular flexibility index (Phi) is 3.50. The average molecular weight is 264 g/mol. The fraction of sp³-hybridized carbons (Fsp3) is 0.625. The first-order valence-electron chi connectivity index (χ1n) is 6.98. The van der Waals surface area contributed by atoms with Crippen molar-refractivity contribution in [3.8, 4) is 0 Å². The van der Waals surface area contributed by atoms with Gasteiger partial charge in [0.25, 0.3) is 0 Å². The van der Waals surface area contributed by atoms with E-state index in [1.807, 2.05) is 0 Å². The van der Waals surface area contributed by atoms with Gasteiger partial charge in [-0.25, -0.2) is 4.39 Å². The highest BCUT2D eigenvalue weighted by molar-refractivity contribution is 5.55. The first-order chi connectivity index (χ1) is 8.65. The third-order valence-electron chi connectivity index (χ3n) is 3.85. The molecule has 0 aliphatic heterocycles. The van der Waals surface area contributed by atoms with Crippen molar-refractivity contribution < 1.29 is 4.39 Å². The van der Waals surface area contributed by atoms with Crippen LogP contribution in [0.4, 0.5) is 15.8 Å². The lowest BCUT2D eigenvalue weighted by atomic mass is 9.63. The maximum Gasteiger partial charge on any atom is 0.127 e. The van der Waals surface area contributed by atoms with E-state index >= 15 is 0 Å². The first-order valence-corrected chi connectivity index (χ1v) is 6.98. The number of nitrogens with one attached hydrogen (secondary N) is 1. The normalized spacial score (nSPS) is 22.2. The zero-order valence-electron chi connectivity index (χ0n) is 12.4. The average Bonchev–Trinajstić information content (AvgIpc) is 2.08. The second-order valence-corrected chi connectivity index (χ2v) is 7.53. The summed E-state index contributed by atoms with van der Waals surface area (Å²) in [5.74, 6) is -0.281. The molecule has 0 atom stereocenters. The van der Waals surface area contributed by atoms with Crippen molar-refractivity contribution in [3.05, 3.63) is 24.0 Å². The summed E-state index contributed by atoms with van der Waals surface area (Å²) >= 11 is 0. The van der Waals surface area contributed by atoms with Crippen LogP contribution in [0.25, 0.3) is 0 Å². The Morgan fingerprint density at radius 3 is 2.21 bits per heavy atom. The molecule has 1 aliphatic rings. The van der Waals surface area contributed by atoms with Gasteiger partial charge in [-0.15, -0.1) is 0 Å². The highest BCUT2D eigenvalue weighted by Crippen LogP contribution is 2.46. The fourth-order valence-electron chi connectivity index (χ4n) is 3.88. The topological polar surface area (TPSA) is 38.0 Å². The summed E-state index contributed by atoms with van der Waals surface area (Å²) < 4.78 is 13.4. The molecule has 1 fully saturated rings. The molecule has 1 saturated carbocycles. The molecule has 0 saturated heterocycles. The lowest BCUT2D eigenvalue weighted by Gasteiger charge is -2.45. The quantitative estimate of drug-likeness (QED) is 0.776. The van der Waals surface area contributed by atoms with Crippen LogP contribution in [0, 0.1) is 16.6 Å². The van der Waals surface area contributed by atoms with E-state index in [1.54, 1.807) is 6.07 Å². The van der Waals surface area contributed by atoms with Crippen LogP contribution >= 0.6 is 0 Å². The van der Waals surface area contributed by atoms with E-state index < -0.39 is 0 Å². The van der Waals surface area contributed by atoms with Crippen molar-refractivity contribution in [2.45, 2.75) is 53.0 Å². The van der Waals surface area contributed by atoms with Gasteiger partial charge in [-0.05, 0) is 48.3 Å². The smallest absolute Gasteiger partial charge is 0.127 e. The Morgan fingerprint density at radius 2 is 1.68 bits per heavy atom. The molecule has 1 aliphatic carbocycles. The van der Waals surface area contributed by atoms with Gasteiger partial charge in [-0.1, -0.05) is 27.7 Å². The molecule has 19 heavy (non-hydrogen) atoms. The summed E-state index contributed by atoms with van der Waals surface area (Å²) in [7, 11) is 0. The molecule has 1 aromatic carbocycles. The molecule has 1 aromatic rings. The summed E-state index contributed by atoms with van der Waals surface area (Å²) in [5, 5.41) is 3.45. The van der Waals surface area contributed by atoms with Crippen molar-refractivity contribution in [1.29, 1.82) is 0 Å². The number of halogens is 1. The van der Waals surface area contributed by atoms with Crippen LogP contribution in [-0.2, 0) is 0 Å². The summed E-state index contributed by atoms with van der Waals surface area (Å²) in [5.41, 5.74) is 7.58. The molecule has 0 bridgehead atoms. The zero-order chi connectivity index (χ0) is 14.3. The van der Waals surface area contributed by atoms with Crippen molar-refractivity contribution in [3.63, 3.8) is 0 Å². The summed E-state index contributed by atoms with van der Waals surface area (Å²) in [6.07, 6.45) is 3.43. The van der Waals surface area contributed by atoms with Gasteiger partial charge in [0.1, 0.15) is 5.82 Å². The molecule has 0 aromatic heterocycles. The Morgan fingerprint density at radius 1 is 1.11 bits per heavy atom. The molecule has 0 amide bonds. The van der Waals surface area contributed by atoms with Gasteiger partial charge < -0.3 is 11.1 Å². The molecule has 0 radical (unpaired) electrons. The fourth-order valence-corrected chi connectivity index (χ4v) is 3.88. The van der Waals surface area contributed by atoms with E-state index in [-0.39, 0.29) is 5.82 Å². The van der Waals surface area contributed by atoms with Gasteiger partial charge in [0.2, 0.25) is 0 Å². The Bertz CT molecular complexity index is 430. The number of hydrogen-bond acceptors (Lipinski definition) is 2. The van der Waals surface area contributed by atoms with Gasteiger partial charge in [0.15, 0.2) is 0 Å². The van der Waals surface area contributed by atoms with Crippen LogP contribution in [-0.4, -0.2) is 6.04 Å². The van der Waals surface area contributed by atoms with Crippen molar-refractivity contribution in [2.24, 2.45) is 10.8 Å². The predicted octanol–water partition coefficient (Wildman–Crippen LogP) is 4.42. The molecular weight excluding hydrogens is 239 g/mol. The largest absolute Gasteiger partial charge is 0.399 e. The van der Waals surface area contributed by atoms with E-state index in [2.05, 4.69) is 33.0 Å². The number of anilines is 2. The molecule has 2 rings (SSSR count). The summed E-state index contributed by atoms with van der Waals surface area (Å²) in [4.78, 5) is 0. The minimum absolute atomic E-state index is 0.281. The molecule has 3 heteroatoms. The standard InChI is InChI=1S/C16H25FN2/c1-15(2)8-14(9-16(3,4)10-15)19-13-6-11(17)5-12(18)7-13/h5-7,14,19H,8-10,18H2,1-4H3. The highest BCUT2D eigenvalue weighted by atomic mass is 19.1. The molecule has 0 spiro atoms. The second-order valence-electron chi connectivity index (χ2n) is 7.53. The van der Waals surface area contributed by atoms with Gasteiger partial charge in [-0.2, -0.15) is 0 Å². The number of hydrogen-bond donors (Lipinski definition) is 2. The molecular formula is C16H25FN2. The molecule has 106 valence electrons. The van der Waals surface area contributed by atoms with Gasteiger partial charge in [0.05, 0.1) is 0 Å². The zero-order valence-corrected chi connectivity index (χ0v) is 12.4. The Balaban J connectivity index is 2.14. The van der Waals surface area contributed by atoms with Crippen LogP contribution in [0.5, 0.6) is 0 Å². The van der Waals surface area contributed by atoms with Crippen LogP contribution in [0.2, 0.25) is 0 Å². The van der Waals surface area contributed by atoms with Gasteiger partial charge in [-0.3, -0.25) is 0 Å². The number of nitrogen functional groups attached to an aromatic ring is 1. The van der Waals surface area contributed by atoms with E-state index in [1.165, 1.54) is 18.6 Å². The SMILES string of the molecule is CC1(C)CC(Nc2cc(N)cc(F)c2)CC(C)(C)C1. The molecule has 0 heterocycles. The minimum atomic E-state index is -0.281. The van der Waals surface area contributed by atoms with Crippen molar-refractivity contribution >= 4 is 11.4 Å². The van der Waals surface area contributed by atoms with E-state index in [9.17, 15) is 4.39 Å². The lowest BCUT2D eigenvalue weighted by molar-refractivity contribution is 0.105. The van der Waals surface area contributed by atoms with E-state index in [0.29, 0.717) is 22.6 Å². The summed E-state index contributed by atoms with van der Waals surface area (Å²) in [6.45, 7) is 9.23. The van der Waals surface area contributed by atoms with Crippen LogP contribution in [0.1, 0.15) is 47.0 Å². The van der Waals surface area contributed by atoms with Gasteiger partial charge in [0, 0.05) is 17.4 Å². The van der Waals surface area contributed by atoms with Gasteiger partial charge >= 0.3 is 0 Å². The maximum absolute atomic E-state index is 13.4. The summed E-state index contributed by atoms with van der Waals surface area (Å²) in [6, 6.07) is 5.04.